The van der Waals surface area contributed by atoms with Crippen LogP contribution < -0.4 is 10.5 Å². The molecule has 2 nitrogen and oxygen atoms in total. The Bertz CT molecular complexity index is 265. The van der Waals surface area contributed by atoms with Crippen LogP contribution in [0.2, 0.25) is 10.0 Å². The van der Waals surface area contributed by atoms with E-state index >= 15 is 0 Å². The molecule has 0 amide bonds. The Labute approximate surface area is 81.2 Å². The van der Waals surface area contributed by atoms with Crippen molar-refractivity contribution < 1.29 is 4.74 Å². The smallest absolute Gasteiger partial charge is 0.139 e. The van der Waals surface area contributed by atoms with Crippen molar-refractivity contribution in [3.8, 4) is 5.75 Å². The number of ether oxygens (including phenoxy) is 1. The molecule has 0 aliphatic carbocycles. The molecular weight excluding hydrogens is 197 g/mol. The highest BCUT2D eigenvalue weighted by atomic mass is 35.5. The van der Waals surface area contributed by atoms with Crippen LogP contribution in [0.3, 0.4) is 0 Å². The number of hydrogen-bond acceptors (Lipinski definition) is 2. The van der Waals surface area contributed by atoms with E-state index in [1.54, 1.807) is 18.2 Å². The maximum Gasteiger partial charge on any atom is 0.139 e. The number of benzene rings is 1. The van der Waals surface area contributed by atoms with Gasteiger partial charge in [0.25, 0.3) is 0 Å². The van der Waals surface area contributed by atoms with Gasteiger partial charge in [0.15, 0.2) is 0 Å². The van der Waals surface area contributed by atoms with Crippen molar-refractivity contribution in [2.24, 2.45) is 5.73 Å². The van der Waals surface area contributed by atoms with Crippen molar-refractivity contribution in [1.29, 1.82) is 0 Å². The van der Waals surface area contributed by atoms with Crippen LogP contribution in [0.25, 0.3) is 0 Å². The van der Waals surface area contributed by atoms with Crippen LogP contribution in [-0.4, -0.2) is 13.2 Å². The molecule has 0 unspecified atom stereocenters. The molecule has 0 atom stereocenters. The van der Waals surface area contributed by atoms with Gasteiger partial charge in [-0.2, -0.15) is 0 Å². The van der Waals surface area contributed by atoms with Gasteiger partial charge in [-0.05, 0) is 12.1 Å². The van der Waals surface area contributed by atoms with Crippen molar-refractivity contribution >= 4 is 23.2 Å². The SMILES string of the molecule is NCCOc1cc(Cl)ccc1Cl. The Balaban J connectivity index is 2.75. The summed E-state index contributed by atoms with van der Waals surface area (Å²) in [6.07, 6.45) is 0. The van der Waals surface area contributed by atoms with E-state index < -0.39 is 0 Å². The summed E-state index contributed by atoms with van der Waals surface area (Å²) in [5.74, 6) is 0.578. The van der Waals surface area contributed by atoms with Crippen molar-refractivity contribution in [1.82, 2.24) is 0 Å². The predicted octanol–water partition coefficient (Wildman–Crippen LogP) is 2.33. The Hall–Kier alpha value is -0.440. The lowest BCUT2D eigenvalue weighted by Crippen LogP contribution is -2.10. The third-order valence-corrected chi connectivity index (χ3v) is 1.82. The molecule has 2 N–H and O–H groups in total. The normalized spacial score (nSPS) is 9.92. The predicted molar refractivity (Wildman–Crippen MR) is 51.0 cm³/mol. The zero-order valence-corrected chi connectivity index (χ0v) is 7.90. The molecule has 1 aromatic rings. The van der Waals surface area contributed by atoms with Crippen molar-refractivity contribution in [3.63, 3.8) is 0 Å². The first-order chi connectivity index (χ1) is 5.74. The second kappa shape index (κ2) is 4.55. The van der Waals surface area contributed by atoms with Gasteiger partial charge in [-0.15, -0.1) is 0 Å². The van der Waals surface area contributed by atoms with E-state index in [1.165, 1.54) is 0 Å². The van der Waals surface area contributed by atoms with Gasteiger partial charge in [0.1, 0.15) is 12.4 Å². The third-order valence-electron chi connectivity index (χ3n) is 1.27. The third kappa shape index (κ3) is 2.55. The molecule has 0 aliphatic heterocycles. The lowest BCUT2D eigenvalue weighted by molar-refractivity contribution is 0.328. The van der Waals surface area contributed by atoms with Gasteiger partial charge in [0.2, 0.25) is 0 Å². The second-order valence-corrected chi connectivity index (χ2v) is 3.06. The lowest BCUT2D eigenvalue weighted by atomic mass is 10.3. The van der Waals surface area contributed by atoms with Crippen molar-refractivity contribution in [3.05, 3.63) is 28.2 Å². The number of nitrogens with two attached hydrogens (primary N) is 1. The van der Waals surface area contributed by atoms with E-state index in [4.69, 9.17) is 33.7 Å². The first-order valence-corrected chi connectivity index (χ1v) is 4.27. The molecule has 1 rings (SSSR count). The maximum absolute atomic E-state index is 5.81. The van der Waals surface area contributed by atoms with E-state index in [-0.39, 0.29) is 0 Å². The minimum absolute atomic E-state index is 0.445. The summed E-state index contributed by atoms with van der Waals surface area (Å²) in [6.45, 7) is 0.906. The molecule has 1 aromatic carbocycles. The fourth-order valence-corrected chi connectivity index (χ4v) is 1.09. The van der Waals surface area contributed by atoms with E-state index in [0.717, 1.165) is 0 Å². The van der Waals surface area contributed by atoms with Crippen LogP contribution in [0.15, 0.2) is 18.2 Å². The molecule has 0 fully saturated rings. The Morgan fingerprint density at radius 3 is 2.75 bits per heavy atom. The number of halogens is 2. The van der Waals surface area contributed by atoms with Gasteiger partial charge in [0.05, 0.1) is 5.02 Å². The molecule has 4 heteroatoms. The summed E-state index contributed by atoms with van der Waals surface area (Å²) in [5, 5.41) is 1.15. The summed E-state index contributed by atoms with van der Waals surface area (Å²) < 4.78 is 5.23. The Morgan fingerprint density at radius 1 is 1.33 bits per heavy atom. The molecule has 0 saturated heterocycles. The number of rotatable bonds is 3. The highest BCUT2D eigenvalue weighted by Crippen LogP contribution is 2.27. The van der Waals surface area contributed by atoms with Gasteiger partial charge >= 0.3 is 0 Å². The fourth-order valence-electron chi connectivity index (χ4n) is 0.757. The zero-order chi connectivity index (χ0) is 8.97. The lowest BCUT2D eigenvalue weighted by Gasteiger charge is -2.06. The van der Waals surface area contributed by atoms with Gasteiger partial charge < -0.3 is 10.5 Å². The Kier molecular flexibility index (Phi) is 3.66. The maximum atomic E-state index is 5.81. The van der Waals surface area contributed by atoms with Gasteiger partial charge in [-0.3, -0.25) is 0 Å². The second-order valence-electron chi connectivity index (χ2n) is 2.21. The van der Waals surface area contributed by atoms with E-state index in [1.807, 2.05) is 0 Å². The van der Waals surface area contributed by atoms with E-state index in [9.17, 15) is 0 Å². The van der Waals surface area contributed by atoms with Crippen molar-refractivity contribution in [2.45, 2.75) is 0 Å². The number of hydrogen-bond donors (Lipinski definition) is 1. The highest BCUT2D eigenvalue weighted by molar-refractivity contribution is 6.34. The first kappa shape index (κ1) is 9.65. The van der Waals surface area contributed by atoms with Crippen LogP contribution in [0.4, 0.5) is 0 Å². The van der Waals surface area contributed by atoms with Crippen LogP contribution in [0, 0.1) is 0 Å². The summed E-state index contributed by atoms with van der Waals surface area (Å²) in [5.41, 5.74) is 5.26. The minimum Gasteiger partial charge on any atom is -0.491 e. The first-order valence-electron chi connectivity index (χ1n) is 3.52. The fraction of sp³-hybridized carbons (Fsp3) is 0.250. The topological polar surface area (TPSA) is 35.2 Å². The van der Waals surface area contributed by atoms with Gasteiger partial charge in [0, 0.05) is 17.6 Å². The molecule has 0 bridgehead atoms. The zero-order valence-electron chi connectivity index (χ0n) is 6.39. The van der Waals surface area contributed by atoms with Crippen LogP contribution in [-0.2, 0) is 0 Å². The van der Waals surface area contributed by atoms with Crippen molar-refractivity contribution in [2.75, 3.05) is 13.2 Å². The monoisotopic (exact) mass is 205 g/mol. The summed E-state index contributed by atoms with van der Waals surface area (Å²) in [7, 11) is 0. The molecular formula is C8H9Cl2NO. The van der Waals surface area contributed by atoms with E-state index in [0.29, 0.717) is 28.9 Å². The highest BCUT2D eigenvalue weighted by Gasteiger charge is 2.00. The molecule has 0 saturated carbocycles. The molecule has 0 heterocycles. The molecule has 0 spiro atoms. The quantitative estimate of drug-likeness (QED) is 0.823. The Morgan fingerprint density at radius 2 is 2.08 bits per heavy atom. The molecule has 12 heavy (non-hydrogen) atoms. The summed E-state index contributed by atoms with van der Waals surface area (Å²) in [4.78, 5) is 0. The average Bonchev–Trinajstić information content (AvgIpc) is 2.07. The standard InChI is InChI=1S/C8H9Cl2NO/c9-6-1-2-7(10)8(5-6)12-4-3-11/h1-2,5H,3-4,11H2. The van der Waals surface area contributed by atoms with E-state index in [2.05, 4.69) is 0 Å². The summed E-state index contributed by atoms with van der Waals surface area (Å²) >= 11 is 11.5. The molecule has 0 aromatic heterocycles. The van der Waals surface area contributed by atoms with Crippen LogP contribution in [0.1, 0.15) is 0 Å². The molecule has 66 valence electrons. The minimum atomic E-state index is 0.445. The molecule has 0 radical (unpaired) electrons. The average molecular weight is 206 g/mol. The summed E-state index contributed by atoms with van der Waals surface area (Å²) in [6, 6.07) is 5.06. The van der Waals surface area contributed by atoms with Gasteiger partial charge in [-0.1, -0.05) is 23.2 Å². The van der Waals surface area contributed by atoms with Crippen LogP contribution >= 0.6 is 23.2 Å². The van der Waals surface area contributed by atoms with Crippen LogP contribution in [0.5, 0.6) is 5.75 Å². The molecule has 0 aliphatic rings. The largest absolute Gasteiger partial charge is 0.491 e. The van der Waals surface area contributed by atoms with Gasteiger partial charge in [-0.25, -0.2) is 0 Å².